The van der Waals surface area contributed by atoms with E-state index in [0.717, 1.165) is 23.8 Å². The summed E-state index contributed by atoms with van der Waals surface area (Å²) in [6, 6.07) is 7.19. The molecule has 12 nitrogen and oxygen atoms in total. The number of benzene rings is 1. The van der Waals surface area contributed by atoms with Gasteiger partial charge in [-0.25, -0.2) is 13.8 Å². The van der Waals surface area contributed by atoms with Gasteiger partial charge in [0.1, 0.15) is 24.0 Å². The van der Waals surface area contributed by atoms with Crippen molar-refractivity contribution in [3.05, 3.63) is 63.4 Å². The van der Waals surface area contributed by atoms with E-state index >= 15 is 4.39 Å². The highest BCUT2D eigenvalue weighted by molar-refractivity contribution is 7.52. The Hall–Kier alpha value is -2.83. The zero-order valence-electron chi connectivity index (χ0n) is 17.6. The average Bonchev–Trinajstić information content (AvgIpc) is 2.98. The van der Waals surface area contributed by atoms with E-state index in [0.29, 0.717) is 0 Å². The van der Waals surface area contributed by atoms with Gasteiger partial charge in [0.25, 0.3) is 5.56 Å². The van der Waals surface area contributed by atoms with Gasteiger partial charge >= 0.3 is 19.4 Å². The molecule has 6 atom stereocenters. The number of hydrogen-bond donors (Lipinski definition) is 4. The van der Waals surface area contributed by atoms with Gasteiger partial charge in [-0.05, 0) is 26.0 Å². The Kier molecular flexibility index (Phi) is 7.20. The van der Waals surface area contributed by atoms with E-state index in [4.69, 9.17) is 13.8 Å². The lowest BCUT2D eigenvalue weighted by molar-refractivity contribution is -0.138. The van der Waals surface area contributed by atoms with Crippen molar-refractivity contribution in [3.63, 3.8) is 0 Å². The SMILES string of the molecule is CC(N[P@](=O)(Oc1ccccc1)O[C@@H]1[C@@H](CO)O[C@@H](n2ccc(=O)[nH]c2=O)[C@]1(C)F)C(=O)O. The Morgan fingerprint density at radius 1 is 1.36 bits per heavy atom. The number of rotatable bonds is 9. The quantitative estimate of drug-likeness (QED) is 0.371. The van der Waals surface area contributed by atoms with Gasteiger partial charge in [0.05, 0.1) is 6.61 Å². The summed E-state index contributed by atoms with van der Waals surface area (Å²) < 4.78 is 46.6. The Labute approximate surface area is 186 Å². The van der Waals surface area contributed by atoms with E-state index in [1.165, 1.54) is 19.1 Å². The highest BCUT2D eigenvalue weighted by Gasteiger charge is 2.59. The van der Waals surface area contributed by atoms with Crippen molar-refractivity contribution in [1.29, 1.82) is 0 Å². The van der Waals surface area contributed by atoms with E-state index in [-0.39, 0.29) is 5.75 Å². The zero-order valence-corrected chi connectivity index (χ0v) is 18.5. The number of alkyl halides is 1. The van der Waals surface area contributed by atoms with Crippen molar-refractivity contribution < 1.29 is 37.7 Å². The highest BCUT2D eigenvalue weighted by atomic mass is 31.2. The number of carboxylic acids is 1. The number of aliphatic hydroxyl groups is 1. The van der Waals surface area contributed by atoms with Gasteiger partial charge in [0, 0.05) is 12.3 Å². The molecule has 0 bridgehead atoms. The molecule has 1 fully saturated rings. The topological polar surface area (TPSA) is 169 Å². The summed E-state index contributed by atoms with van der Waals surface area (Å²) in [6.45, 7) is 1.38. The van der Waals surface area contributed by atoms with Gasteiger partial charge in [-0.2, -0.15) is 5.09 Å². The predicted octanol–water partition coefficient (Wildman–Crippen LogP) is 0.789. The standard InChI is InChI=1S/C19H23FN3O9P/c1-11(16(26)27)22-33(29,31-12-6-4-3-5-7-12)32-15-13(10-24)30-17(19(15,2)20)23-9-8-14(25)21-18(23)28/h3-9,11,13,15,17,24H,10H2,1-2H3,(H,22,29)(H,26,27)(H,21,25,28)/t11?,13-,15-,17-,19-,33+/m1/s1. The number of para-hydroxylation sites is 1. The third-order valence-corrected chi connectivity index (χ3v) is 6.57. The molecule has 2 heterocycles. The number of nitrogens with one attached hydrogen (secondary N) is 2. The fourth-order valence-electron chi connectivity index (χ4n) is 3.27. The first-order valence-electron chi connectivity index (χ1n) is 9.77. The molecule has 1 aromatic carbocycles. The minimum absolute atomic E-state index is 0.0411. The van der Waals surface area contributed by atoms with Crippen LogP contribution in [0.2, 0.25) is 0 Å². The van der Waals surface area contributed by atoms with Crippen molar-refractivity contribution in [2.75, 3.05) is 6.61 Å². The van der Waals surface area contributed by atoms with Crippen LogP contribution in [0.3, 0.4) is 0 Å². The minimum Gasteiger partial charge on any atom is -0.480 e. The second-order valence-corrected chi connectivity index (χ2v) is 9.14. The molecule has 33 heavy (non-hydrogen) atoms. The number of nitrogens with zero attached hydrogens (tertiary/aromatic N) is 1. The number of aromatic nitrogens is 2. The number of H-pyrrole nitrogens is 1. The molecule has 1 aliphatic rings. The first-order chi connectivity index (χ1) is 15.5. The fraction of sp³-hybridized carbons (Fsp3) is 0.421. The van der Waals surface area contributed by atoms with Gasteiger partial charge < -0.3 is 19.5 Å². The van der Waals surface area contributed by atoms with E-state index < -0.39 is 61.7 Å². The zero-order chi connectivity index (χ0) is 24.4. The monoisotopic (exact) mass is 487 g/mol. The molecule has 1 aliphatic heterocycles. The lowest BCUT2D eigenvalue weighted by Crippen LogP contribution is -2.46. The summed E-state index contributed by atoms with van der Waals surface area (Å²) in [4.78, 5) is 36.8. The Morgan fingerprint density at radius 3 is 2.61 bits per heavy atom. The highest BCUT2D eigenvalue weighted by Crippen LogP contribution is 2.52. The molecule has 0 spiro atoms. The summed E-state index contributed by atoms with van der Waals surface area (Å²) in [6.07, 6.45) is -3.86. The molecule has 1 unspecified atom stereocenters. The molecular weight excluding hydrogens is 464 g/mol. The molecule has 3 rings (SSSR count). The number of carbonyl (C=O) groups is 1. The Balaban J connectivity index is 1.97. The van der Waals surface area contributed by atoms with E-state index in [1.54, 1.807) is 18.2 Å². The molecule has 1 aromatic heterocycles. The van der Waals surface area contributed by atoms with Crippen LogP contribution in [-0.2, 0) is 18.6 Å². The third-order valence-electron chi connectivity index (χ3n) is 4.91. The van der Waals surface area contributed by atoms with Gasteiger partial charge in [-0.3, -0.25) is 23.7 Å². The Bertz CT molecular complexity index is 1150. The van der Waals surface area contributed by atoms with Gasteiger partial charge in [0.15, 0.2) is 11.9 Å². The molecule has 1 saturated heterocycles. The molecule has 0 radical (unpaired) electrons. The third kappa shape index (κ3) is 5.40. The Morgan fingerprint density at radius 2 is 2.03 bits per heavy atom. The largest absolute Gasteiger partial charge is 0.480 e. The number of ether oxygens (including phenoxy) is 1. The summed E-state index contributed by atoms with van der Waals surface area (Å²) >= 11 is 0. The average molecular weight is 487 g/mol. The van der Waals surface area contributed by atoms with Crippen molar-refractivity contribution >= 4 is 13.7 Å². The van der Waals surface area contributed by atoms with Crippen LogP contribution in [0.15, 0.2) is 52.2 Å². The van der Waals surface area contributed by atoms with Crippen LogP contribution in [0.5, 0.6) is 5.75 Å². The fourth-order valence-corrected chi connectivity index (χ4v) is 5.05. The first kappa shape index (κ1) is 24.8. The lowest BCUT2D eigenvalue weighted by Gasteiger charge is -2.31. The minimum atomic E-state index is -4.58. The van der Waals surface area contributed by atoms with Crippen LogP contribution in [-0.4, -0.2) is 56.3 Å². The van der Waals surface area contributed by atoms with E-state index in [1.807, 2.05) is 4.98 Å². The van der Waals surface area contributed by atoms with E-state index in [2.05, 4.69) is 5.09 Å². The van der Waals surface area contributed by atoms with Crippen molar-refractivity contribution in [2.45, 2.75) is 44.0 Å². The second-order valence-electron chi connectivity index (χ2n) is 7.49. The maximum atomic E-state index is 16.0. The van der Waals surface area contributed by atoms with Crippen LogP contribution in [0.4, 0.5) is 4.39 Å². The van der Waals surface area contributed by atoms with Gasteiger partial charge in [-0.1, -0.05) is 18.2 Å². The van der Waals surface area contributed by atoms with Gasteiger partial charge in [0.2, 0.25) is 0 Å². The first-order valence-corrected chi connectivity index (χ1v) is 11.3. The molecular formula is C19H23FN3O9P. The van der Waals surface area contributed by atoms with Crippen LogP contribution in [0.25, 0.3) is 0 Å². The molecule has 0 amide bonds. The maximum absolute atomic E-state index is 16.0. The normalized spacial score (nSPS) is 27.6. The number of halogens is 1. The second kappa shape index (κ2) is 9.57. The smallest absolute Gasteiger partial charge is 0.459 e. The summed E-state index contributed by atoms with van der Waals surface area (Å²) in [5, 5.41) is 21.2. The number of carboxylic acid groups (broad SMARTS) is 1. The number of aromatic amines is 1. The van der Waals surface area contributed by atoms with Crippen molar-refractivity contribution in [2.24, 2.45) is 0 Å². The van der Waals surface area contributed by atoms with Crippen LogP contribution >= 0.6 is 7.75 Å². The number of aliphatic hydroxyl groups excluding tert-OH is 1. The van der Waals surface area contributed by atoms with Crippen molar-refractivity contribution in [1.82, 2.24) is 14.6 Å². The van der Waals surface area contributed by atoms with E-state index in [9.17, 15) is 29.2 Å². The molecule has 180 valence electrons. The summed E-state index contributed by atoms with van der Waals surface area (Å²) in [5.74, 6) is -1.34. The van der Waals surface area contributed by atoms with Crippen LogP contribution in [0.1, 0.15) is 20.1 Å². The predicted molar refractivity (Wildman–Crippen MR) is 112 cm³/mol. The molecule has 0 aliphatic carbocycles. The van der Waals surface area contributed by atoms with Crippen LogP contribution < -0.4 is 20.9 Å². The number of aliphatic carboxylic acids is 1. The summed E-state index contributed by atoms with van der Waals surface area (Å²) in [5.41, 5.74) is -4.27. The van der Waals surface area contributed by atoms with Crippen LogP contribution in [0, 0.1) is 0 Å². The molecule has 2 aromatic rings. The van der Waals surface area contributed by atoms with Gasteiger partial charge in [-0.15, -0.1) is 0 Å². The maximum Gasteiger partial charge on any atom is 0.459 e. The molecule has 4 N–H and O–H groups in total. The molecule has 14 heteroatoms. The molecule has 0 saturated carbocycles. The summed E-state index contributed by atoms with van der Waals surface area (Å²) in [7, 11) is -4.58. The van der Waals surface area contributed by atoms with Crippen molar-refractivity contribution in [3.8, 4) is 5.75 Å². The lowest BCUT2D eigenvalue weighted by atomic mass is 9.98. The number of hydrogen-bond acceptors (Lipinski definition) is 8.